The first-order valence-corrected chi connectivity index (χ1v) is 9.43. The van der Waals surface area contributed by atoms with E-state index in [4.69, 9.17) is 0 Å². The molecule has 146 valence electrons. The van der Waals surface area contributed by atoms with Crippen LogP contribution in [0.5, 0.6) is 0 Å². The van der Waals surface area contributed by atoms with Crippen molar-refractivity contribution in [2.45, 2.75) is 51.5 Å². The number of guanidine groups is 1. The van der Waals surface area contributed by atoms with Crippen molar-refractivity contribution in [1.29, 1.82) is 0 Å². The van der Waals surface area contributed by atoms with Crippen molar-refractivity contribution in [2.24, 2.45) is 10.4 Å². The second-order valence-electron chi connectivity index (χ2n) is 7.40. The van der Waals surface area contributed by atoms with Crippen LogP contribution >= 0.6 is 24.0 Å². The Balaban J connectivity index is 0.00000312. The molecule has 2 aliphatic rings. The highest BCUT2D eigenvalue weighted by molar-refractivity contribution is 14.0. The summed E-state index contributed by atoms with van der Waals surface area (Å²) in [6.07, 6.45) is 6.91. The lowest BCUT2D eigenvalue weighted by molar-refractivity contribution is -0.138. The first kappa shape index (κ1) is 22.5. The van der Waals surface area contributed by atoms with Crippen LogP contribution in [0.25, 0.3) is 0 Å². The van der Waals surface area contributed by atoms with Gasteiger partial charge in [0.05, 0.1) is 5.41 Å². The molecule has 6 nitrogen and oxygen atoms in total. The second-order valence-corrected chi connectivity index (χ2v) is 7.40. The Bertz CT molecular complexity index is 445. The Morgan fingerprint density at radius 3 is 2.32 bits per heavy atom. The van der Waals surface area contributed by atoms with Gasteiger partial charge in [-0.25, -0.2) is 0 Å². The van der Waals surface area contributed by atoms with Crippen LogP contribution in [0.2, 0.25) is 0 Å². The lowest BCUT2D eigenvalue weighted by Crippen LogP contribution is -2.50. The van der Waals surface area contributed by atoms with Crippen LogP contribution in [0.1, 0.15) is 45.4 Å². The molecule has 0 radical (unpaired) electrons. The maximum absolute atomic E-state index is 12.6. The van der Waals surface area contributed by atoms with Crippen molar-refractivity contribution in [3.63, 3.8) is 0 Å². The summed E-state index contributed by atoms with van der Waals surface area (Å²) in [5.41, 5.74) is -0.259. The van der Waals surface area contributed by atoms with Gasteiger partial charge in [0.1, 0.15) is 0 Å². The van der Waals surface area contributed by atoms with E-state index in [1.807, 2.05) is 14.1 Å². The summed E-state index contributed by atoms with van der Waals surface area (Å²) < 4.78 is 0. The highest BCUT2D eigenvalue weighted by Crippen LogP contribution is 2.38. The molecule has 2 fully saturated rings. The fourth-order valence-corrected chi connectivity index (χ4v) is 3.82. The van der Waals surface area contributed by atoms with Crippen LogP contribution in [0.4, 0.5) is 0 Å². The number of carbonyl (C=O) groups excluding carboxylic acids is 1. The van der Waals surface area contributed by atoms with E-state index in [0.29, 0.717) is 6.54 Å². The molecule has 0 aromatic carbocycles. The summed E-state index contributed by atoms with van der Waals surface area (Å²) in [5.74, 6) is 1.05. The fraction of sp³-hybridized carbons (Fsp3) is 0.889. The summed E-state index contributed by atoms with van der Waals surface area (Å²) in [4.78, 5) is 21.2. The predicted octanol–water partition coefficient (Wildman–Crippen LogP) is 1.90. The number of halogens is 1. The van der Waals surface area contributed by atoms with Gasteiger partial charge in [-0.3, -0.25) is 14.7 Å². The second kappa shape index (κ2) is 10.5. The topological polar surface area (TPSA) is 60.0 Å². The minimum Gasteiger partial charge on any atom is -0.355 e. The molecule has 0 spiro atoms. The molecule has 25 heavy (non-hydrogen) atoms. The van der Waals surface area contributed by atoms with Gasteiger partial charge in [0.15, 0.2) is 5.96 Å². The fourth-order valence-electron chi connectivity index (χ4n) is 3.82. The smallest absolute Gasteiger partial charge is 0.230 e. The molecule has 0 atom stereocenters. The number of hydrogen-bond acceptors (Lipinski definition) is 3. The average Bonchev–Trinajstić information content (AvgIpc) is 3.31. The zero-order valence-electron chi connectivity index (χ0n) is 16.3. The molecule has 2 aliphatic carbocycles. The Morgan fingerprint density at radius 1 is 1.20 bits per heavy atom. The van der Waals surface area contributed by atoms with Crippen molar-refractivity contribution >= 4 is 35.8 Å². The molecule has 0 bridgehead atoms. The van der Waals surface area contributed by atoms with Crippen LogP contribution in [-0.2, 0) is 4.79 Å². The van der Waals surface area contributed by atoms with Gasteiger partial charge < -0.3 is 15.5 Å². The molecule has 2 saturated carbocycles. The minimum absolute atomic E-state index is 0. The molecule has 0 unspecified atom stereocenters. The van der Waals surface area contributed by atoms with Gasteiger partial charge in [-0.1, -0.05) is 19.8 Å². The zero-order valence-corrected chi connectivity index (χ0v) is 18.6. The van der Waals surface area contributed by atoms with Crippen LogP contribution in [0.15, 0.2) is 4.99 Å². The standard InChI is InChI=1S/C18H35N5O.HI/c1-5-23(15-8-9-15)13-12-20-17(19-2)21-14-18(10-6-7-11-18)16(24)22(3)4;/h15H,5-14H2,1-4H3,(H2,19,20,21);1H. The van der Waals surface area contributed by atoms with Gasteiger partial charge in [0.25, 0.3) is 0 Å². The molecule has 0 aromatic rings. The molecule has 2 N–H and O–H groups in total. The number of hydrogen-bond donors (Lipinski definition) is 2. The third-order valence-electron chi connectivity index (χ3n) is 5.40. The normalized spacial score (nSPS) is 19.5. The van der Waals surface area contributed by atoms with Crippen molar-refractivity contribution in [2.75, 3.05) is 47.3 Å². The van der Waals surface area contributed by atoms with Crippen molar-refractivity contribution in [1.82, 2.24) is 20.4 Å². The monoisotopic (exact) mass is 465 g/mol. The quantitative estimate of drug-likeness (QED) is 0.327. The van der Waals surface area contributed by atoms with Gasteiger partial charge >= 0.3 is 0 Å². The van der Waals surface area contributed by atoms with Gasteiger partial charge in [-0.15, -0.1) is 24.0 Å². The molecular weight excluding hydrogens is 429 g/mol. The van der Waals surface area contributed by atoms with Gasteiger partial charge in [0.2, 0.25) is 5.91 Å². The SMILES string of the molecule is CCN(CCNC(=NC)NCC1(C(=O)N(C)C)CCCC1)C1CC1.I. The number of nitrogens with zero attached hydrogens (tertiary/aromatic N) is 3. The summed E-state index contributed by atoms with van der Waals surface area (Å²) in [6, 6.07) is 0.797. The first-order chi connectivity index (χ1) is 11.5. The Hall–Kier alpha value is -0.570. The van der Waals surface area contributed by atoms with Gasteiger partial charge in [0, 0.05) is 46.8 Å². The first-order valence-electron chi connectivity index (χ1n) is 9.43. The lowest BCUT2D eigenvalue weighted by atomic mass is 9.84. The van der Waals surface area contributed by atoms with Crippen LogP contribution in [-0.4, -0.2) is 75.0 Å². The number of nitrogens with one attached hydrogen (secondary N) is 2. The van der Waals surface area contributed by atoms with E-state index in [0.717, 1.165) is 57.3 Å². The summed E-state index contributed by atoms with van der Waals surface area (Å²) in [6.45, 7) is 5.94. The van der Waals surface area contributed by atoms with E-state index < -0.39 is 0 Å². The molecule has 0 aliphatic heterocycles. The zero-order chi connectivity index (χ0) is 17.6. The predicted molar refractivity (Wildman–Crippen MR) is 115 cm³/mol. The number of rotatable bonds is 8. The highest BCUT2D eigenvalue weighted by Gasteiger charge is 2.42. The molecule has 1 amide bonds. The van der Waals surface area contributed by atoms with Crippen LogP contribution in [0.3, 0.4) is 0 Å². The number of aliphatic imine (C=N–C) groups is 1. The van der Waals surface area contributed by atoms with Crippen LogP contribution < -0.4 is 10.6 Å². The third kappa shape index (κ3) is 6.27. The van der Waals surface area contributed by atoms with E-state index >= 15 is 0 Å². The third-order valence-corrected chi connectivity index (χ3v) is 5.40. The van der Waals surface area contributed by atoms with E-state index in [-0.39, 0.29) is 35.3 Å². The largest absolute Gasteiger partial charge is 0.355 e. The number of amides is 1. The Labute approximate surface area is 170 Å². The van der Waals surface area contributed by atoms with Crippen molar-refractivity contribution < 1.29 is 4.79 Å². The van der Waals surface area contributed by atoms with Crippen molar-refractivity contribution in [3.05, 3.63) is 0 Å². The molecule has 0 heterocycles. The lowest BCUT2D eigenvalue weighted by Gasteiger charge is -2.31. The minimum atomic E-state index is -0.259. The molecule has 0 saturated heterocycles. The van der Waals surface area contributed by atoms with Gasteiger partial charge in [-0.2, -0.15) is 0 Å². The maximum Gasteiger partial charge on any atom is 0.230 e. The van der Waals surface area contributed by atoms with E-state index in [2.05, 4.69) is 27.4 Å². The molecule has 0 aromatic heterocycles. The highest BCUT2D eigenvalue weighted by atomic mass is 127. The Morgan fingerprint density at radius 2 is 1.84 bits per heavy atom. The number of carbonyl (C=O) groups is 1. The average molecular weight is 465 g/mol. The van der Waals surface area contributed by atoms with E-state index in [1.165, 1.54) is 12.8 Å². The molecule has 7 heteroatoms. The van der Waals surface area contributed by atoms with Gasteiger partial charge in [-0.05, 0) is 32.2 Å². The maximum atomic E-state index is 12.6. The van der Waals surface area contributed by atoms with E-state index in [9.17, 15) is 4.79 Å². The molecule has 2 rings (SSSR count). The summed E-state index contributed by atoms with van der Waals surface area (Å²) in [7, 11) is 5.50. The van der Waals surface area contributed by atoms with E-state index in [1.54, 1.807) is 11.9 Å². The summed E-state index contributed by atoms with van der Waals surface area (Å²) >= 11 is 0. The molecular formula is C18H36IN5O. The number of likely N-dealkylation sites (N-methyl/N-ethyl adjacent to an activating group) is 1. The van der Waals surface area contributed by atoms with Crippen LogP contribution in [0, 0.1) is 5.41 Å². The van der Waals surface area contributed by atoms with Crippen molar-refractivity contribution in [3.8, 4) is 0 Å². The summed E-state index contributed by atoms with van der Waals surface area (Å²) in [5, 5.41) is 6.80. The Kier molecular flexibility index (Phi) is 9.48.